The van der Waals surface area contributed by atoms with Gasteiger partial charge in [-0.3, -0.25) is 0 Å². The fourth-order valence-corrected chi connectivity index (χ4v) is 3.12. The van der Waals surface area contributed by atoms with Crippen molar-refractivity contribution in [3.63, 3.8) is 0 Å². The summed E-state index contributed by atoms with van der Waals surface area (Å²) in [7, 11) is 2.06. The molecule has 2 aromatic rings. The Hall–Kier alpha value is -2.63. The van der Waals surface area contributed by atoms with Crippen LogP contribution in [-0.4, -0.2) is 47.1 Å². The van der Waals surface area contributed by atoms with E-state index in [9.17, 15) is 4.79 Å². The molecule has 1 aliphatic heterocycles. The van der Waals surface area contributed by atoms with Crippen LogP contribution in [0.4, 0.5) is 16.3 Å². The molecule has 1 aliphatic rings. The Morgan fingerprint density at radius 2 is 1.84 bits per heavy atom. The van der Waals surface area contributed by atoms with E-state index in [1.807, 2.05) is 49.1 Å². The van der Waals surface area contributed by atoms with Gasteiger partial charge in [-0.25, -0.2) is 14.8 Å². The van der Waals surface area contributed by atoms with Crippen LogP contribution in [0, 0.1) is 13.8 Å². The third kappa shape index (κ3) is 4.26. The molecule has 25 heavy (non-hydrogen) atoms. The standard InChI is InChI=1S/C19H25N5O/c1-14-4-6-16(7-5-14)22-19(25)24-10-8-17(9-11-24)23(3)18-12-15(2)20-13-21-18/h4-7,12-13,17H,8-11H2,1-3H3,(H,22,25). The van der Waals surface area contributed by atoms with E-state index in [4.69, 9.17) is 0 Å². The summed E-state index contributed by atoms with van der Waals surface area (Å²) in [6, 6.07) is 10.2. The van der Waals surface area contributed by atoms with E-state index in [1.54, 1.807) is 6.33 Å². The number of benzene rings is 1. The second-order valence-electron chi connectivity index (χ2n) is 6.64. The number of aromatic nitrogens is 2. The maximum Gasteiger partial charge on any atom is 0.321 e. The zero-order chi connectivity index (χ0) is 17.8. The number of hydrogen-bond donors (Lipinski definition) is 1. The molecule has 1 aromatic heterocycles. The number of anilines is 2. The number of likely N-dealkylation sites (tertiary alicyclic amines) is 1. The molecule has 0 bridgehead atoms. The van der Waals surface area contributed by atoms with Gasteiger partial charge in [-0.15, -0.1) is 0 Å². The monoisotopic (exact) mass is 339 g/mol. The van der Waals surface area contributed by atoms with Crippen LogP contribution in [0.25, 0.3) is 0 Å². The Kier molecular flexibility index (Phi) is 5.16. The molecule has 0 saturated carbocycles. The maximum atomic E-state index is 12.4. The Labute approximate surface area is 148 Å². The summed E-state index contributed by atoms with van der Waals surface area (Å²) in [4.78, 5) is 25.0. The summed E-state index contributed by atoms with van der Waals surface area (Å²) in [5.41, 5.74) is 2.99. The molecule has 0 unspecified atom stereocenters. The van der Waals surface area contributed by atoms with Gasteiger partial charge in [0.1, 0.15) is 12.1 Å². The van der Waals surface area contributed by atoms with Crippen molar-refractivity contribution in [1.29, 1.82) is 0 Å². The van der Waals surface area contributed by atoms with Gasteiger partial charge in [-0.2, -0.15) is 0 Å². The number of nitrogens with one attached hydrogen (secondary N) is 1. The van der Waals surface area contributed by atoms with Crippen LogP contribution in [0.5, 0.6) is 0 Å². The number of piperidine rings is 1. The lowest BCUT2D eigenvalue weighted by molar-refractivity contribution is 0.194. The summed E-state index contributed by atoms with van der Waals surface area (Å²) in [5.74, 6) is 0.940. The third-order valence-corrected chi connectivity index (χ3v) is 4.75. The predicted octanol–water partition coefficient (Wildman–Crippen LogP) is 3.23. The van der Waals surface area contributed by atoms with Crippen LogP contribution < -0.4 is 10.2 Å². The largest absolute Gasteiger partial charge is 0.356 e. The molecule has 6 nitrogen and oxygen atoms in total. The van der Waals surface area contributed by atoms with Gasteiger partial charge < -0.3 is 15.1 Å². The smallest absolute Gasteiger partial charge is 0.321 e. The van der Waals surface area contributed by atoms with Crippen molar-refractivity contribution >= 4 is 17.5 Å². The topological polar surface area (TPSA) is 61.4 Å². The van der Waals surface area contributed by atoms with Crippen molar-refractivity contribution in [3.8, 4) is 0 Å². The van der Waals surface area contributed by atoms with Gasteiger partial charge in [0, 0.05) is 43.6 Å². The Morgan fingerprint density at radius 3 is 2.48 bits per heavy atom. The summed E-state index contributed by atoms with van der Waals surface area (Å²) in [6.45, 7) is 5.50. The average molecular weight is 339 g/mol. The first kappa shape index (κ1) is 17.2. The lowest BCUT2D eigenvalue weighted by Crippen LogP contribution is -2.47. The second-order valence-corrected chi connectivity index (χ2v) is 6.64. The molecule has 1 fully saturated rings. The first-order valence-corrected chi connectivity index (χ1v) is 8.67. The third-order valence-electron chi connectivity index (χ3n) is 4.75. The molecule has 0 radical (unpaired) electrons. The molecular weight excluding hydrogens is 314 g/mol. The second kappa shape index (κ2) is 7.51. The number of rotatable bonds is 3. The molecule has 2 heterocycles. The first-order chi connectivity index (χ1) is 12.0. The maximum absolute atomic E-state index is 12.4. The van der Waals surface area contributed by atoms with Gasteiger partial charge in [0.05, 0.1) is 0 Å². The van der Waals surface area contributed by atoms with E-state index in [1.165, 1.54) is 5.56 Å². The molecule has 3 rings (SSSR count). The van der Waals surface area contributed by atoms with E-state index in [0.29, 0.717) is 6.04 Å². The highest BCUT2D eigenvalue weighted by atomic mass is 16.2. The number of aryl methyl sites for hydroxylation is 2. The number of amides is 2. The molecule has 0 aliphatic carbocycles. The zero-order valence-corrected chi connectivity index (χ0v) is 15.1. The summed E-state index contributed by atoms with van der Waals surface area (Å²) < 4.78 is 0. The van der Waals surface area contributed by atoms with E-state index in [-0.39, 0.29) is 6.03 Å². The Balaban J connectivity index is 1.54. The van der Waals surface area contributed by atoms with Crippen LogP contribution in [-0.2, 0) is 0 Å². The number of nitrogens with zero attached hydrogens (tertiary/aromatic N) is 4. The fraction of sp³-hybridized carbons (Fsp3) is 0.421. The Bertz CT molecular complexity index is 723. The highest BCUT2D eigenvalue weighted by Crippen LogP contribution is 2.21. The van der Waals surface area contributed by atoms with Gasteiger partial charge in [0.25, 0.3) is 0 Å². The normalized spacial score (nSPS) is 15.1. The Morgan fingerprint density at radius 1 is 1.16 bits per heavy atom. The van der Waals surface area contributed by atoms with Crippen molar-refractivity contribution in [2.24, 2.45) is 0 Å². The number of urea groups is 1. The van der Waals surface area contributed by atoms with E-state index < -0.39 is 0 Å². The summed E-state index contributed by atoms with van der Waals surface area (Å²) in [6.07, 6.45) is 3.47. The van der Waals surface area contributed by atoms with Crippen LogP contribution in [0.3, 0.4) is 0 Å². The van der Waals surface area contributed by atoms with Crippen LogP contribution in [0.2, 0.25) is 0 Å². The van der Waals surface area contributed by atoms with Gasteiger partial charge >= 0.3 is 6.03 Å². The summed E-state index contributed by atoms with van der Waals surface area (Å²) in [5, 5.41) is 2.97. The quantitative estimate of drug-likeness (QED) is 0.933. The van der Waals surface area contributed by atoms with Gasteiger partial charge in [0.15, 0.2) is 0 Å². The van der Waals surface area contributed by atoms with Crippen molar-refractivity contribution in [3.05, 3.63) is 47.9 Å². The van der Waals surface area contributed by atoms with Crippen molar-refractivity contribution in [2.45, 2.75) is 32.7 Å². The van der Waals surface area contributed by atoms with Crippen molar-refractivity contribution < 1.29 is 4.79 Å². The van der Waals surface area contributed by atoms with E-state index in [0.717, 1.165) is 43.1 Å². The number of carbonyl (C=O) groups excluding carboxylic acids is 1. The first-order valence-electron chi connectivity index (χ1n) is 8.67. The predicted molar refractivity (Wildman–Crippen MR) is 100.0 cm³/mol. The van der Waals surface area contributed by atoms with Gasteiger partial charge in [-0.1, -0.05) is 17.7 Å². The molecule has 1 N–H and O–H groups in total. The van der Waals surface area contributed by atoms with E-state index in [2.05, 4.69) is 27.2 Å². The molecular formula is C19H25N5O. The molecule has 0 atom stereocenters. The molecule has 1 aromatic carbocycles. The fourth-order valence-electron chi connectivity index (χ4n) is 3.12. The minimum absolute atomic E-state index is 0.0252. The average Bonchev–Trinajstić information content (AvgIpc) is 2.63. The number of carbonyl (C=O) groups is 1. The highest BCUT2D eigenvalue weighted by molar-refractivity contribution is 5.89. The molecule has 6 heteroatoms. The molecule has 132 valence electrons. The lowest BCUT2D eigenvalue weighted by Gasteiger charge is -2.37. The zero-order valence-electron chi connectivity index (χ0n) is 15.1. The van der Waals surface area contributed by atoms with Crippen LogP contribution >= 0.6 is 0 Å². The van der Waals surface area contributed by atoms with E-state index >= 15 is 0 Å². The minimum Gasteiger partial charge on any atom is -0.356 e. The summed E-state index contributed by atoms with van der Waals surface area (Å²) >= 11 is 0. The molecule has 1 saturated heterocycles. The SMILES string of the molecule is Cc1ccc(NC(=O)N2CCC(N(C)c3cc(C)ncn3)CC2)cc1. The molecule has 2 amide bonds. The highest BCUT2D eigenvalue weighted by Gasteiger charge is 2.26. The van der Waals surface area contributed by atoms with Gasteiger partial charge in [-0.05, 0) is 38.8 Å². The van der Waals surface area contributed by atoms with Crippen LogP contribution in [0.15, 0.2) is 36.7 Å². The lowest BCUT2D eigenvalue weighted by atomic mass is 10.0. The van der Waals surface area contributed by atoms with Crippen molar-refractivity contribution in [2.75, 3.05) is 30.4 Å². The number of hydrogen-bond acceptors (Lipinski definition) is 4. The van der Waals surface area contributed by atoms with Crippen molar-refractivity contribution in [1.82, 2.24) is 14.9 Å². The van der Waals surface area contributed by atoms with Crippen LogP contribution in [0.1, 0.15) is 24.1 Å². The van der Waals surface area contributed by atoms with Gasteiger partial charge in [0.2, 0.25) is 0 Å². The molecule has 0 spiro atoms. The minimum atomic E-state index is -0.0252.